The fourth-order valence-electron chi connectivity index (χ4n) is 2.96. The molecule has 6 heteroatoms. The summed E-state index contributed by atoms with van der Waals surface area (Å²) in [5, 5.41) is 3.31. The summed E-state index contributed by atoms with van der Waals surface area (Å²) in [6, 6.07) is 27.8. The van der Waals surface area contributed by atoms with Crippen LogP contribution in [-0.2, 0) is 0 Å². The van der Waals surface area contributed by atoms with Gasteiger partial charge < -0.3 is 10.2 Å². The highest BCUT2D eigenvalue weighted by atomic mass is 32.1. The summed E-state index contributed by atoms with van der Waals surface area (Å²) in [6.45, 7) is 0. The van der Waals surface area contributed by atoms with E-state index >= 15 is 0 Å². The Bertz CT molecular complexity index is 1060. The number of para-hydroxylation sites is 2. The molecular weight excluding hydrogens is 378 g/mol. The van der Waals surface area contributed by atoms with Crippen LogP contribution in [-0.4, -0.2) is 30.9 Å². The smallest absolute Gasteiger partial charge is 0.238 e. The lowest BCUT2D eigenvalue weighted by molar-refractivity contribution is 1.13. The van der Waals surface area contributed by atoms with Crippen molar-refractivity contribution >= 4 is 51.8 Å². The molecule has 29 heavy (non-hydrogen) atoms. The lowest BCUT2D eigenvalue weighted by atomic mass is 10.2. The Hall–Kier alpha value is -3.51. The van der Waals surface area contributed by atoms with Gasteiger partial charge >= 0.3 is 0 Å². The summed E-state index contributed by atoms with van der Waals surface area (Å²) in [4.78, 5) is 14.0. The maximum atomic E-state index is 5.74. The average molecular weight is 400 g/mol. The number of guanidine groups is 1. The summed E-state index contributed by atoms with van der Waals surface area (Å²) in [5.41, 5.74) is 3.79. The predicted octanol–water partition coefficient (Wildman–Crippen LogP) is 5.10. The van der Waals surface area contributed by atoms with Crippen molar-refractivity contribution in [3.63, 3.8) is 0 Å². The maximum Gasteiger partial charge on any atom is 0.238 e. The Morgan fingerprint density at radius 1 is 0.862 bits per heavy atom. The first kappa shape index (κ1) is 18.8. The minimum absolute atomic E-state index is 0.539. The minimum atomic E-state index is 0.539. The third kappa shape index (κ3) is 4.17. The van der Waals surface area contributed by atoms with E-state index in [0.717, 1.165) is 22.7 Å². The first-order chi connectivity index (χ1) is 14.1. The van der Waals surface area contributed by atoms with Crippen LogP contribution in [0.1, 0.15) is 0 Å². The number of hydrogen-bond acceptors (Lipinski definition) is 4. The van der Waals surface area contributed by atoms with Gasteiger partial charge in [-0.15, -0.1) is 0 Å². The summed E-state index contributed by atoms with van der Waals surface area (Å²) < 4.78 is 0. The van der Waals surface area contributed by atoms with E-state index in [1.165, 1.54) is 0 Å². The van der Waals surface area contributed by atoms with Crippen LogP contribution in [0.3, 0.4) is 0 Å². The second kappa shape index (κ2) is 8.24. The lowest BCUT2D eigenvalue weighted by Crippen LogP contribution is -2.34. The number of anilines is 3. The van der Waals surface area contributed by atoms with Crippen LogP contribution in [0.5, 0.6) is 0 Å². The minimum Gasteiger partial charge on any atom is -0.378 e. The molecule has 0 bridgehead atoms. The van der Waals surface area contributed by atoms with Crippen LogP contribution < -0.4 is 15.1 Å². The van der Waals surface area contributed by atoms with Gasteiger partial charge in [0.1, 0.15) is 0 Å². The highest BCUT2D eigenvalue weighted by Crippen LogP contribution is 2.25. The molecule has 0 saturated carbocycles. The Labute approximate surface area is 176 Å². The molecule has 1 aliphatic rings. The molecule has 0 unspecified atom stereocenters. The molecule has 0 spiro atoms. The summed E-state index contributed by atoms with van der Waals surface area (Å²) in [6.07, 6.45) is 0. The van der Waals surface area contributed by atoms with Gasteiger partial charge in [0.05, 0.1) is 11.4 Å². The zero-order valence-electron chi connectivity index (χ0n) is 16.3. The largest absolute Gasteiger partial charge is 0.378 e. The standard InChI is InChI=1S/C23H21N5S/c1-27(2)19-15-13-18(14-16-19)25-23-26-21(24-17-9-5-3-6-10-17)22(29)28(23)20-11-7-4-8-12-20/h3-16H,1-2H3,(H,24,25,26). The second-order valence-electron chi connectivity index (χ2n) is 6.75. The maximum absolute atomic E-state index is 5.74. The quantitative estimate of drug-likeness (QED) is 0.620. The normalized spacial score (nSPS) is 14.8. The van der Waals surface area contributed by atoms with Crippen LogP contribution in [0, 0.1) is 0 Å². The molecule has 0 radical (unpaired) electrons. The van der Waals surface area contributed by atoms with Crippen molar-refractivity contribution in [1.82, 2.24) is 0 Å². The zero-order valence-corrected chi connectivity index (χ0v) is 17.1. The van der Waals surface area contributed by atoms with Gasteiger partial charge in [0.25, 0.3) is 0 Å². The van der Waals surface area contributed by atoms with E-state index in [2.05, 4.69) is 10.2 Å². The summed E-state index contributed by atoms with van der Waals surface area (Å²) in [5.74, 6) is 1.15. The fourth-order valence-corrected chi connectivity index (χ4v) is 3.24. The van der Waals surface area contributed by atoms with Crippen molar-refractivity contribution < 1.29 is 0 Å². The molecule has 0 aliphatic carbocycles. The topological polar surface area (TPSA) is 43.2 Å². The molecule has 1 N–H and O–H groups in total. The molecule has 0 atom stereocenters. The fraction of sp³-hybridized carbons (Fsp3) is 0.0870. The molecular formula is C23H21N5S. The van der Waals surface area contributed by atoms with Crippen molar-refractivity contribution in [2.24, 2.45) is 9.98 Å². The number of nitrogens with zero attached hydrogens (tertiary/aromatic N) is 4. The highest BCUT2D eigenvalue weighted by Gasteiger charge is 2.29. The number of benzene rings is 3. The predicted molar refractivity (Wildman–Crippen MR) is 127 cm³/mol. The zero-order chi connectivity index (χ0) is 20.2. The number of thiocarbonyl (C=S) groups is 1. The Morgan fingerprint density at radius 3 is 2.10 bits per heavy atom. The molecule has 3 aromatic carbocycles. The molecule has 0 amide bonds. The van der Waals surface area contributed by atoms with E-state index < -0.39 is 0 Å². The average Bonchev–Trinajstić information content (AvgIpc) is 3.04. The van der Waals surface area contributed by atoms with Gasteiger partial charge in [0, 0.05) is 25.5 Å². The van der Waals surface area contributed by atoms with Crippen molar-refractivity contribution in [1.29, 1.82) is 0 Å². The third-order valence-corrected chi connectivity index (χ3v) is 4.84. The molecule has 1 heterocycles. The molecule has 0 fully saturated rings. The van der Waals surface area contributed by atoms with E-state index in [0.29, 0.717) is 16.8 Å². The van der Waals surface area contributed by atoms with Gasteiger partial charge in [-0.3, -0.25) is 4.90 Å². The van der Waals surface area contributed by atoms with Gasteiger partial charge in [-0.05, 0) is 48.5 Å². The van der Waals surface area contributed by atoms with Gasteiger partial charge in [-0.2, -0.15) is 4.99 Å². The highest BCUT2D eigenvalue weighted by molar-refractivity contribution is 7.82. The Morgan fingerprint density at radius 2 is 1.48 bits per heavy atom. The van der Waals surface area contributed by atoms with E-state index in [-0.39, 0.29) is 0 Å². The van der Waals surface area contributed by atoms with E-state index in [4.69, 9.17) is 22.2 Å². The van der Waals surface area contributed by atoms with Gasteiger partial charge in [-0.25, -0.2) is 4.99 Å². The monoisotopic (exact) mass is 399 g/mol. The van der Waals surface area contributed by atoms with Crippen molar-refractivity contribution in [3.8, 4) is 0 Å². The second-order valence-corrected chi connectivity index (χ2v) is 7.14. The lowest BCUT2D eigenvalue weighted by Gasteiger charge is -2.18. The van der Waals surface area contributed by atoms with E-state index in [9.17, 15) is 0 Å². The van der Waals surface area contributed by atoms with Crippen LogP contribution in [0.25, 0.3) is 0 Å². The van der Waals surface area contributed by atoms with Crippen molar-refractivity contribution in [3.05, 3.63) is 84.9 Å². The third-order valence-electron chi connectivity index (χ3n) is 4.46. The molecule has 0 saturated heterocycles. The van der Waals surface area contributed by atoms with Crippen LogP contribution >= 0.6 is 12.2 Å². The van der Waals surface area contributed by atoms with Crippen molar-refractivity contribution in [2.75, 3.05) is 29.2 Å². The first-order valence-electron chi connectivity index (χ1n) is 9.28. The molecule has 4 rings (SSSR count). The number of aliphatic imine (C=N–C) groups is 2. The number of amidine groups is 1. The number of rotatable bonds is 4. The van der Waals surface area contributed by atoms with Gasteiger partial charge in [0.15, 0.2) is 10.8 Å². The Balaban J connectivity index is 1.71. The SMILES string of the molecule is CN(C)c1ccc(N=C2N=C(Nc3ccccc3)C(=S)N2c2ccccc2)cc1. The van der Waals surface area contributed by atoms with Crippen LogP contribution in [0.2, 0.25) is 0 Å². The van der Waals surface area contributed by atoms with E-state index in [1.807, 2.05) is 104 Å². The van der Waals surface area contributed by atoms with Crippen molar-refractivity contribution in [2.45, 2.75) is 0 Å². The van der Waals surface area contributed by atoms with E-state index in [1.54, 1.807) is 0 Å². The first-order valence-corrected chi connectivity index (χ1v) is 9.69. The molecule has 5 nitrogen and oxygen atoms in total. The van der Waals surface area contributed by atoms with Crippen LogP contribution in [0.4, 0.5) is 22.7 Å². The van der Waals surface area contributed by atoms with Gasteiger partial charge in [-0.1, -0.05) is 48.6 Å². The number of hydrogen-bond donors (Lipinski definition) is 1. The van der Waals surface area contributed by atoms with Crippen LogP contribution in [0.15, 0.2) is 94.9 Å². The Kier molecular flexibility index (Phi) is 5.35. The molecule has 144 valence electrons. The van der Waals surface area contributed by atoms with Gasteiger partial charge in [0.2, 0.25) is 5.96 Å². The molecule has 0 aromatic heterocycles. The number of nitrogens with one attached hydrogen (secondary N) is 1. The summed E-state index contributed by atoms with van der Waals surface area (Å²) >= 11 is 5.74. The molecule has 1 aliphatic heterocycles. The summed E-state index contributed by atoms with van der Waals surface area (Å²) in [7, 11) is 4.03. The molecule has 3 aromatic rings.